The fraction of sp³-hybridized carbons (Fsp3) is 0.0714. The van der Waals surface area contributed by atoms with Gasteiger partial charge in [-0.3, -0.25) is 4.79 Å². The third-order valence-corrected chi connectivity index (χ3v) is 3.24. The molecule has 106 valence electrons. The maximum atomic E-state index is 11.9. The van der Waals surface area contributed by atoms with Crippen molar-refractivity contribution in [3.63, 3.8) is 0 Å². The van der Waals surface area contributed by atoms with Crippen molar-refractivity contribution in [3.05, 3.63) is 47.3 Å². The second-order valence-corrected chi connectivity index (χ2v) is 4.68. The number of ketones is 1. The lowest BCUT2D eigenvalue weighted by molar-refractivity contribution is -0.109. The number of hydrogen-bond donors (Lipinski definition) is 1. The van der Waals surface area contributed by atoms with E-state index in [-0.39, 0.29) is 16.5 Å². The molecule has 3 rings (SSSR count). The van der Waals surface area contributed by atoms with Gasteiger partial charge in [0.05, 0.1) is 17.7 Å². The normalized spacial score (nSPS) is 17.0. The molecular weight excluding hydrogens is 294 g/mol. The largest absolute Gasteiger partial charge is 0.506 e. The van der Waals surface area contributed by atoms with E-state index in [0.717, 1.165) is 6.08 Å². The molecule has 0 saturated heterocycles. The summed E-state index contributed by atoms with van der Waals surface area (Å²) in [5.41, 5.74) is 1.23. The molecule has 2 aromatic heterocycles. The lowest BCUT2D eigenvalue weighted by Gasteiger charge is -2.06. The number of halogens is 1. The standard InChI is InChI=1S/C14H10ClN3O3/c1-21-14-13(10-4-2-3-5-18(10)17-14)16-9-6-8(15)11(19)7-12(9)20/h2-7,19H,1H3. The number of aromatic nitrogens is 2. The minimum Gasteiger partial charge on any atom is -0.506 e. The summed E-state index contributed by atoms with van der Waals surface area (Å²) in [5.74, 6) is -0.411. The summed E-state index contributed by atoms with van der Waals surface area (Å²) in [6, 6.07) is 5.46. The van der Waals surface area contributed by atoms with Gasteiger partial charge in [0.1, 0.15) is 11.5 Å². The van der Waals surface area contributed by atoms with Crippen LogP contribution in [0.4, 0.5) is 5.69 Å². The Bertz CT molecular complexity index is 833. The first kappa shape index (κ1) is 13.4. The van der Waals surface area contributed by atoms with Crippen LogP contribution in [0.2, 0.25) is 0 Å². The number of pyridine rings is 1. The topological polar surface area (TPSA) is 76.2 Å². The number of allylic oxidation sites excluding steroid dienone is 3. The number of fused-ring (bicyclic) bond motifs is 1. The van der Waals surface area contributed by atoms with Gasteiger partial charge in [-0.2, -0.15) is 0 Å². The summed E-state index contributed by atoms with van der Waals surface area (Å²) < 4.78 is 6.79. The van der Waals surface area contributed by atoms with Gasteiger partial charge >= 0.3 is 0 Å². The number of carbonyl (C=O) groups excluding carboxylic acids is 1. The first-order chi connectivity index (χ1) is 10.1. The monoisotopic (exact) mass is 303 g/mol. The molecule has 2 heterocycles. The molecule has 1 N–H and O–H groups in total. The predicted octanol–water partition coefficient (Wildman–Crippen LogP) is 2.56. The molecule has 0 atom stereocenters. The molecule has 0 aromatic carbocycles. The molecule has 1 aliphatic carbocycles. The van der Waals surface area contributed by atoms with E-state index in [9.17, 15) is 9.90 Å². The Kier molecular flexibility index (Phi) is 3.23. The average Bonchev–Trinajstić information content (AvgIpc) is 2.83. The zero-order chi connectivity index (χ0) is 15.0. The van der Waals surface area contributed by atoms with Crippen LogP contribution in [0.25, 0.3) is 5.52 Å². The molecule has 0 bridgehead atoms. The molecular formula is C14H10ClN3O3. The fourth-order valence-corrected chi connectivity index (χ4v) is 2.10. The Labute approximate surface area is 124 Å². The average molecular weight is 304 g/mol. The van der Waals surface area contributed by atoms with Crippen molar-refractivity contribution in [3.8, 4) is 5.88 Å². The van der Waals surface area contributed by atoms with E-state index in [2.05, 4.69) is 10.1 Å². The van der Waals surface area contributed by atoms with Crippen LogP contribution in [0, 0.1) is 0 Å². The van der Waals surface area contributed by atoms with Gasteiger partial charge < -0.3 is 9.84 Å². The Hall–Kier alpha value is -2.60. The highest BCUT2D eigenvalue weighted by Crippen LogP contribution is 2.32. The highest BCUT2D eigenvalue weighted by atomic mass is 35.5. The second-order valence-electron chi connectivity index (χ2n) is 4.27. The van der Waals surface area contributed by atoms with Crippen LogP contribution in [0.3, 0.4) is 0 Å². The molecule has 7 heteroatoms. The van der Waals surface area contributed by atoms with Crippen LogP contribution < -0.4 is 4.74 Å². The van der Waals surface area contributed by atoms with Gasteiger partial charge in [-0.25, -0.2) is 9.51 Å². The van der Waals surface area contributed by atoms with E-state index >= 15 is 0 Å². The smallest absolute Gasteiger partial charge is 0.259 e. The van der Waals surface area contributed by atoms with E-state index in [4.69, 9.17) is 16.3 Å². The molecule has 2 aromatic rings. The van der Waals surface area contributed by atoms with Crippen LogP contribution in [0.1, 0.15) is 0 Å². The Balaban J connectivity index is 2.18. The molecule has 0 amide bonds. The third kappa shape index (κ3) is 2.30. The molecule has 1 aliphatic rings. The van der Waals surface area contributed by atoms with Gasteiger partial charge in [-0.15, -0.1) is 5.10 Å². The van der Waals surface area contributed by atoms with Crippen LogP contribution in [-0.2, 0) is 4.79 Å². The molecule has 6 nitrogen and oxygen atoms in total. The second kappa shape index (κ2) is 5.06. The number of nitrogens with zero attached hydrogens (tertiary/aromatic N) is 3. The van der Waals surface area contributed by atoms with Gasteiger partial charge in [0.25, 0.3) is 5.88 Å². The fourth-order valence-electron chi connectivity index (χ4n) is 1.95. The highest BCUT2D eigenvalue weighted by Gasteiger charge is 2.20. The first-order valence-corrected chi connectivity index (χ1v) is 6.40. The summed E-state index contributed by atoms with van der Waals surface area (Å²) in [5, 5.41) is 13.7. The number of aliphatic hydroxyl groups excluding tert-OH is 1. The van der Waals surface area contributed by atoms with Gasteiger partial charge in [0.15, 0.2) is 5.69 Å². The van der Waals surface area contributed by atoms with Crippen LogP contribution in [-0.4, -0.2) is 33.3 Å². The Morgan fingerprint density at radius 2 is 2.19 bits per heavy atom. The van der Waals surface area contributed by atoms with E-state index in [1.54, 1.807) is 16.8 Å². The number of ether oxygens (including phenoxy) is 1. The molecule has 0 fully saturated rings. The van der Waals surface area contributed by atoms with Gasteiger partial charge in [-0.05, 0) is 18.2 Å². The number of rotatable bonds is 2. The van der Waals surface area contributed by atoms with Crippen LogP contribution in [0.15, 0.2) is 52.3 Å². The van der Waals surface area contributed by atoms with E-state index < -0.39 is 5.78 Å². The van der Waals surface area contributed by atoms with Crippen molar-refractivity contribution >= 4 is 34.3 Å². The highest BCUT2D eigenvalue weighted by molar-refractivity contribution is 6.52. The maximum absolute atomic E-state index is 11.9. The van der Waals surface area contributed by atoms with Crippen LogP contribution >= 0.6 is 11.6 Å². The maximum Gasteiger partial charge on any atom is 0.259 e. The van der Waals surface area contributed by atoms with E-state index in [1.807, 2.05) is 12.1 Å². The lowest BCUT2D eigenvalue weighted by atomic mass is 10.1. The third-order valence-electron chi connectivity index (χ3n) is 2.94. The summed E-state index contributed by atoms with van der Waals surface area (Å²) >= 11 is 5.82. The zero-order valence-corrected chi connectivity index (χ0v) is 11.7. The summed E-state index contributed by atoms with van der Waals surface area (Å²) in [4.78, 5) is 16.2. The minimum absolute atomic E-state index is 0.0591. The molecule has 0 saturated carbocycles. The Morgan fingerprint density at radius 3 is 2.95 bits per heavy atom. The number of carbonyl (C=O) groups is 1. The SMILES string of the molecule is COc1nn2ccccc2c1N=C1C=C(Cl)C(O)=CC1=O. The number of hydrogen-bond acceptors (Lipinski definition) is 5. The predicted molar refractivity (Wildman–Crippen MR) is 78.5 cm³/mol. The van der Waals surface area contributed by atoms with E-state index in [0.29, 0.717) is 17.1 Å². The van der Waals surface area contributed by atoms with Crippen molar-refractivity contribution in [1.29, 1.82) is 0 Å². The molecule has 0 unspecified atom stereocenters. The van der Waals surface area contributed by atoms with Crippen molar-refractivity contribution < 1.29 is 14.6 Å². The van der Waals surface area contributed by atoms with Gasteiger partial charge in [-0.1, -0.05) is 17.7 Å². The van der Waals surface area contributed by atoms with Crippen molar-refractivity contribution in [2.75, 3.05) is 7.11 Å². The molecule has 0 radical (unpaired) electrons. The number of methoxy groups -OCH3 is 1. The van der Waals surface area contributed by atoms with Crippen LogP contribution in [0.5, 0.6) is 5.88 Å². The van der Waals surface area contributed by atoms with Crippen molar-refractivity contribution in [1.82, 2.24) is 9.61 Å². The van der Waals surface area contributed by atoms with Crippen molar-refractivity contribution in [2.24, 2.45) is 4.99 Å². The zero-order valence-electron chi connectivity index (χ0n) is 10.9. The van der Waals surface area contributed by atoms with Gasteiger partial charge in [0, 0.05) is 12.3 Å². The molecule has 21 heavy (non-hydrogen) atoms. The lowest BCUT2D eigenvalue weighted by Crippen LogP contribution is -2.13. The van der Waals surface area contributed by atoms with Crippen molar-refractivity contribution in [2.45, 2.75) is 0 Å². The summed E-state index contributed by atoms with van der Waals surface area (Å²) in [7, 11) is 1.47. The molecule has 0 spiro atoms. The van der Waals surface area contributed by atoms with Gasteiger partial charge in [0.2, 0.25) is 5.78 Å². The summed E-state index contributed by atoms with van der Waals surface area (Å²) in [6.45, 7) is 0. The summed E-state index contributed by atoms with van der Waals surface area (Å²) in [6.07, 6.45) is 4.09. The first-order valence-electron chi connectivity index (χ1n) is 6.03. The molecule has 0 aliphatic heterocycles. The Morgan fingerprint density at radius 1 is 1.38 bits per heavy atom. The number of aliphatic imine (C=N–C) groups is 1. The number of aliphatic hydroxyl groups is 1. The quantitative estimate of drug-likeness (QED) is 0.865. The van der Waals surface area contributed by atoms with E-state index in [1.165, 1.54) is 13.2 Å². The minimum atomic E-state index is -0.436.